The molecule has 0 aliphatic carbocycles. The largest absolute Gasteiger partial charge is 0.315 e. The molecule has 0 spiro atoms. The topological polar surface area (TPSA) is 43.4 Å². The maximum absolute atomic E-state index is 11.4. The van der Waals surface area contributed by atoms with Gasteiger partial charge in [-0.05, 0) is 25.6 Å². The van der Waals surface area contributed by atoms with Crippen LogP contribution in [0.4, 0.5) is 0 Å². The van der Waals surface area contributed by atoms with Crippen LogP contribution in [0.2, 0.25) is 19.1 Å². The lowest BCUT2D eigenvalue weighted by Crippen LogP contribution is -2.33. The summed E-state index contributed by atoms with van der Waals surface area (Å²) < 4.78 is 27.9. The van der Waals surface area contributed by atoms with Crippen molar-refractivity contribution in [3.8, 4) is 0 Å². The van der Waals surface area contributed by atoms with Crippen molar-refractivity contribution in [2.75, 3.05) is 5.75 Å². The molecule has 0 amide bonds. The van der Waals surface area contributed by atoms with Gasteiger partial charge in [0.05, 0.1) is 5.75 Å². The lowest BCUT2D eigenvalue weighted by molar-refractivity contribution is 0.480. The zero-order chi connectivity index (χ0) is 10.5. The van der Waals surface area contributed by atoms with Gasteiger partial charge >= 0.3 is 0 Å². The third-order valence-electron chi connectivity index (χ3n) is 1.95. The van der Waals surface area contributed by atoms with E-state index in [1.165, 1.54) is 0 Å². The van der Waals surface area contributed by atoms with Gasteiger partial charge in [0.2, 0.25) is 8.32 Å². The highest BCUT2D eigenvalue weighted by molar-refractivity contribution is 7.87. The van der Waals surface area contributed by atoms with Gasteiger partial charge in [0.15, 0.2) is 0 Å². The Balaban J connectivity index is 4.18. The molecule has 0 aliphatic heterocycles. The summed E-state index contributed by atoms with van der Waals surface area (Å²) in [5.74, 6) is 0.167. The second kappa shape index (κ2) is 5.12. The van der Waals surface area contributed by atoms with Gasteiger partial charge in [0.25, 0.3) is 10.1 Å². The van der Waals surface area contributed by atoms with Crippen LogP contribution in [0.3, 0.4) is 0 Å². The second-order valence-electron chi connectivity index (χ2n) is 3.81. The molecule has 0 N–H and O–H groups in total. The Labute approximate surface area is 82.7 Å². The summed E-state index contributed by atoms with van der Waals surface area (Å²) in [4.78, 5) is 0. The molecule has 3 nitrogen and oxygen atoms in total. The zero-order valence-electron chi connectivity index (χ0n) is 8.96. The molecule has 0 aliphatic rings. The van der Waals surface area contributed by atoms with Crippen LogP contribution in [-0.4, -0.2) is 22.5 Å². The Hall–Kier alpha value is 0.127. The highest BCUT2D eigenvalue weighted by Gasteiger charge is 2.27. The molecule has 13 heavy (non-hydrogen) atoms. The van der Waals surface area contributed by atoms with Crippen molar-refractivity contribution in [1.29, 1.82) is 0 Å². The number of hydrogen-bond donors (Lipinski definition) is 0. The zero-order valence-corrected chi connectivity index (χ0v) is 10.8. The van der Waals surface area contributed by atoms with Crippen LogP contribution in [0.25, 0.3) is 0 Å². The molecule has 0 aromatic carbocycles. The molecule has 0 saturated heterocycles. The van der Waals surface area contributed by atoms with E-state index in [1.54, 1.807) is 0 Å². The molecule has 0 heterocycles. The monoisotopic (exact) mass is 224 g/mol. The predicted molar refractivity (Wildman–Crippen MR) is 57.7 cm³/mol. The molecule has 0 atom stereocenters. The van der Waals surface area contributed by atoms with Crippen molar-refractivity contribution >= 4 is 18.4 Å². The van der Waals surface area contributed by atoms with Crippen molar-refractivity contribution in [2.24, 2.45) is 0 Å². The Morgan fingerprint density at radius 2 is 1.77 bits per heavy atom. The first-order valence-electron chi connectivity index (χ1n) is 4.76. The molecule has 0 aromatic heterocycles. The van der Waals surface area contributed by atoms with Gasteiger partial charge in [-0.3, -0.25) is 0 Å². The highest BCUT2D eigenvalue weighted by Crippen LogP contribution is 2.14. The standard InChI is InChI=1S/C8H20O3SSi/c1-5-7-8-12(9,10)11-13(3,4)6-2/h5-8H2,1-4H3. The SMILES string of the molecule is CCCCS(=O)(=O)O[Si](C)(C)CC. The van der Waals surface area contributed by atoms with E-state index < -0.39 is 18.4 Å². The van der Waals surface area contributed by atoms with Crippen molar-refractivity contribution in [3.05, 3.63) is 0 Å². The lowest BCUT2D eigenvalue weighted by atomic mass is 10.4. The van der Waals surface area contributed by atoms with Crippen molar-refractivity contribution in [3.63, 3.8) is 0 Å². The Kier molecular flexibility index (Phi) is 5.17. The summed E-state index contributed by atoms with van der Waals surface area (Å²) in [6.45, 7) is 7.80. The number of hydrogen-bond acceptors (Lipinski definition) is 3. The fraction of sp³-hybridized carbons (Fsp3) is 1.00. The smallest absolute Gasteiger partial charge is 0.257 e. The van der Waals surface area contributed by atoms with E-state index in [2.05, 4.69) is 0 Å². The molecule has 0 bridgehead atoms. The molecule has 80 valence electrons. The Bertz CT molecular complexity index is 234. The number of rotatable bonds is 6. The van der Waals surface area contributed by atoms with Gasteiger partial charge in [0.1, 0.15) is 0 Å². The summed E-state index contributed by atoms with van der Waals surface area (Å²) in [5, 5.41) is 0. The van der Waals surface area contributed by atoms with Crippen LogP contribution >= 0.6 is 0 Å². The van der Waals surface area contributed by atoms with Crippen molar-refractivity contribution in [2.45, 2.75) is 45.8 Å². The van der Waals surface area contributed by atoms with Gasteiger partial charge in [-0.15, -0.1) is 0 Å². The first-order valence-corrected chi connectivity index (χ1v) is 9.45. The van der Waals surface area contributed by atoms with Gasteiger partial charge in [0, 0.05) is 0 Å². The lowest BCUT2D eigenvalue weighted by Gasteiger charge is -2.19. The van der Waals surface area contributed by atoms with Crippen LogP contribution < -0.4 is 0 Å². The fourth-order valence-electron chi connectivity index (χ4n) is 0.765. The van der Waals surface area contributed by atoms with Crippen LogP contribution in [0.15, 0.2) is 0 Å². The average Bonchev–Trinajstić information content (AvgIpc) is 1.99. The molecular formula is C8H20O3SSi. The van der Waals surface area contributed by atoms with Crippen LogP contribution in [0.5, 0.6) is 0 Å². The molecule has 0 saturated carbocycles. The van der Waals surface area contributed by atoms with Crippen LogP contribution in [0, 0.1) is 0 Å². The molecule has 0 fully saturated rings. The third kappa shape index (κ3) is 6.23. The first kappa shape index (κ1) is 13.1. The Morgan fingerprint density at radius 1 is 1.23 bits per heavy atom. The quantitative estimate of drug-likeness (QED) is 0.651. The number of unbranched alkanes of at least 4 members (excludes halogenated alkanes) is 1. The highest BCUT2D eigenvalue weighted by atomic mass is 32.2. The maximum Gasteiger partial charge on any atom is 0.257 e. The van der Waals surface area contributed by atoms with Crippen molar-refractivity contribution < 1.29 is 12.3 Å². The van der Waals surface area contributed by atoms with Crippen molar-refractivity contribution in [1.82, 2.24) is 0 Å². The van der Waals surface area contributed by atoms with Gasteiger partial charge in [-0.2, -0.15) is 0 Å². The van der Waals surface area contributed by atoms with E-state index in [4.69, 9.17) is 3.87 Å². The molecule has 0 rings (SSSR count). The first-order chi connectivity index (χ1) is 5.83. The minimum atomic E-state index is -3.25. The molecule has 0 aromatic rings. The van der Waals surface area contributed by atoms with E-state index in [1.807, 2.05) is 26.9 Å². The summed E-state index contributed by atoms with van der Waals surface area (Å²) in [5.41, 5.74) is 0. The minimum Gasteiger partial charge on any atom is -0.315 e. The minimum absolute atomic E-state index is 0.167. The van der Waals surface area contributed by atoms with E-state index in [0.717, 1.165) is 12.5 Å². The van der Waals surface area contributed by atoms with Crippen LogP contribution in [0.1, 0.15) is 26.7 Å². The summed E-state index contributed by atoms with van der Waals surface area (Å²) in [6, 6.07) is 0.832. The fourth-order valence-corrected chi connectivity index (χ4v) is 4.96. The summed E-state index contributed by atoms with van der Waals surface area (Å²) in [6.07, 6.45) is 1.58. The van der Waals surface area contributed by atoms with Crippen LogP contribution in [-0.2, 0) is 14.0 Å². The average molecular weight is 224 g/mol. The molecule has 0 radical (unpaired) electrons. The summed E-state index contributed by atoms with van der Waals surface area (Å²) >= 11 is 0. The summed E-state index contributed by atoms with van der Waals surface area (Å²) in [7, 11) is -5.20. The van der Waals surface area contributed by atoms with E-state index in [9.17, 15) is 8.42 Å². The van der Waals surface area contributed by atoms with Gasteiger partial charge in [-0.1, -0.05) is 20.3 Å². The van der Waals surface area contributed by atoms with Gasteiger partial charge < -0.3 is 3.87 Å². The second-order valence-corrected chi connectivity index (χ2v) is 10.2. The molecule has 0 unspecified atom stereocenters. The van der Waals surface area contributed by atoms with E-state index in [0.29, 0.717) is 6.42 Å². The third-order valence-corrected chi connectivity index (χ3v) is 7.26. The van der Waals surface area contributed by atoms with E-state index in [-0.39, 0.29) is 5.75 Å². The molecule has 5 heteroatoms. The normalized spacial score (nSPS) is 13.2. The van der Waals surface area contributed by atoms with Gasteiger partial charge in [-0.25, -0.2) is 8.42 Å². The van der Waals surface area contributed by atoms with E-state index >= 15 is 0 Å². The molecular weight excluding hydrogens is 204 g/mol. The predicted octanol–water partition coefficient (Wildman–Crippen LogP) is 2.36. The Morgan fingerprint density at radius 3 is 2.15 bits per heavy atom. The maximum atomic E-state index is 11.4.